The van der Waals surface area contributed by atoms with Gasteiger partial charge in [-0.2, -0.15) is 0 Å². The molecule has 0 N–H and O–H groups in total. The summed E-state index contributed by atoms with van der Waals surface area (Å²) in [6.45, 7) is 0. The molecule has 0 unspecified atom stereocenters. The second-order valence-corrected chi connectivity index (χ2v) is 6.53. The highest BCUT2D eigenvalue weighted by molar-refractivity contribution is 5.92. The number of benzene rings is 4. The fraction of sp³-hybridized carbons (Fsp3) is 0. The van der Waals surface area contributed by atoms with Crippen LogP contribution in [0.1, 0.15) is 11.1 Å². The SMILES string of the molecule is C(=C\c1ccccc1)/c1ccccc1.c1ccc2nc3ccccc3cc2c1. The van der Waals surface area contributed by atoms with Gasteiger partial charge in [0.25, 0.3) is 0 Å². The summed E-state index contributed by atoms with van der Waals surface area (Å²) in [5.74, 6) is 0. The van der Waals surface area contributed by atoms with Crippen molar-refractivity contribution in [3.05, 3.63) is 126 Å². The van der Waals surface area contributed by atoms with Crippen molar-refractivity contribution >= 4 is 34.0 Å². The van der Waals surface area contributed by atoms with Crippen LogP contribution < -0.4 is 0 Å². The average Bonchev–Trinajstić information content (AvgIpc) is 2.78. The number of rotatable bonds is 2. The molecule has 1 aromatic heterocycles. The zero-order valence-corrected chi connectivity index (χ0v) is 15.6. The molecule has 0 aliphatic heterocycles. The Morgan fingerprint density at radius 3 is 1.29 bits per heavy atom. The van der Waals surface area contributed by atoms with Gasteiger partial charge in [-0.3, -0.25) is 0 Å². The highest BCUT2D eigenvalue weighted by Gasteiger charge is 1.96. The van der Waals surface area contributed by atoms with Crippen LogP contribution in [0.25, 0.3) is 34.0 Å². The van der Waals surface area contributed by atoms with Crippen molar-refractivity contribution in [1.29, 1.82) is 0 Å². The van der Waals surface area contributed by atoms with Gasteiger partial charge in [-0.05, 0) is 29.3 Å². The van der Waals surface area contributed by atoms with Gasteiger partial charge in [0, 0.05) is 10.8 Å². The van der Waals surface area contributed by atoms with Crippen LogP contribution in [0.5, 0.6) is 0 Å². The lowest BCUT2D eigenvalue weighted by Gasteiger charge is -1.99. The molecule has 1 heterocycles. The van der Waals surface area contributed by atoms with E-state index in [4.69, 9.17) is 0 Å². The van der Waals surface area contributed by atoms with E-state index in [1.165, 1.54) is 21.9 Å². The molecule has 1 nitrogen and oxygen atoms in total. The van der Waals surface area contributed by atoms with Crippen LogP contribution in [0, 0.1) is 0 Å². The van der Waals surface area contributed by atoms with E-state index in [0.717, 1.165) is 11.0 Å². The van der Waals surface area contributed by atoms with E-state index in [-0.39, 0.29) is 0 Å². The molecule has 0 bridgehead atoms. The molecule has 0 spiro atoms. The molecule has 1 heteroatoms. The van der Waals surface area contributed by atoms with Gasteiger partial charge in [-0.25, -0.2) is 4.98 Å². The lowest BCUT2D eigenvalue weighted by atomic mass is 10.1. The first-order valence-electron chi connectivity index (χ1n) is 9.41. The fourth-order valence-corrected chi connectivity index (χ4v) is 3.04. The molecule has 0 saturated carbocycles. The lowest BCUT2D eigenvalue weighted by Crippen LogP contribution is -1.80. The summed E-state index contributed by atoms with van der Waals surface area (Å²) in [6.07, 6.45) is 4.24. The molecule has 28 heavy (non-hydrogen) atoms. The number of fused-ring (bicyclic) bond motifs is 2. The van der Waals surface area contributed by atoms with Crippen molar-refractivity contribution in [3.63, 3.8) is 0 Å². The Morgan fingerprint density at radius 1 is 0.429 bits per heavy atom. The molecule has 134 valence electrons. The smallest absolute Gasteiger partial charge is 0.0709 e. The first-order valence-corrected chi connectivity index (χ1v) is 9.41. The highest BCUT2D eigenvalue weighted by atomic mass is 14.7. The van der Waals surface area contributed by atoms with Crippen LogP contribution in [-0.2, 0) is 0 Å². The van der Waals surface area contributed by atoms with Gasteiger partial charge in [0.15, 0.2) is 0 Å². The van der Waals surface area contributed by atoms with E-state index in [1.54, 1.807) is 0 Å². The number of hydrogen-bond donors (Lipinski definition) is 0. The summed E-state index contributed by atoms with van der Waals surface area (Å²) in [5.41, 5.74) is 4.59. The first-order chi connectivity index (χ1) is 13.9. The molecule has 0 radical (unpaired) electrons. The Morgan fingerprint density at radius 2 is 0.821 bits per heavy atom. The third-order valence-electron chi connectivity index (χ3n) is 4.49. The summed E-state index contributed by atoms with van der Waals surface area (Å²) in [6, 6.07) is 39.2. The van der Waals surface area contributed by atoms with E-state index >= 15 is 0 Å². The third kappa shape index (κ3) is 4.52. The van der Waals surface area contributed by atoms with Gasteiger partial charge in [0.2, 0.25) is 0 Å². The predicted molar refractivity (Wildman–Crippen MR) is 121 cm³/mol. The highest BCUT2D eigenvalue weighted by Crippen LogP contribution is 2.18. The number of hydrogen-bond acceptors (Lipinski definition) is 1. The monoisotopic (exact) mass is 359 g/mol. The van der Waals surface area contributed by atoms with Crippen LogP contribution >= 0.6 is 0 Å². The Labute approximate surface area is 165 Å². The Balaban J connectivity index is 0.000000137. The largest absolute Gasteiger partial charge is 0.248 e. The maximum Gasteiger partial charge on any atom is 0.0709 e. The average molecular weight is 359 g/mol. The number of para-hydroxylation sites is 2. The summed E-state index contributed by atoms with van der Waals surface area (Å²) < 4.78 is 0. The molecule has 5 rings (SSSR count). The van der Waals surface area contributed by atoms with E-state index in [9.17, 15) is 0 Å². The van der Waals surface area contributed by atoms with Crippen molar-refractivity contribution in [1.82, 2.24) is 4.98 Å². The van der Waals surface area contributed by atoms with Crippen LogP contribution in [0.3, 0.4) is 0 Å². The topological polar surface area (TPSA) is 12.9 Å². The van der Waals surface area contributed by atoms with Crippen LogP contribution in [-0.4, -0.2) is 4.98 Å². The molecular weight excluding hydrogens is 338 g/mol. The van der Waals surface area contributed by atoms with E-state index in [0.29, 0.717) is 0 Å². The second-order valence-electron chi connectivity index (χ2n) is 6.53. The van der Waals surface area contributed by atoms with E-state index in [1.807, 2.05) is 72.8 Å². The zero-order chi connectivity index (χ0) is 19.0. The van der Waals surface area contributed by atoms with Crippen molar-refractivity contribution in [3.8, 4) is 0 Å². The van der Waals surface area contributed by atoms with Crippen molar-refractivity contribution in [2.75, 3.05) is 0 Å². The molecule has 0 atom stereocenters. The molecule has 0 aliphatic rings. The predicted octanol–water partition coefficient (Wildman–Crippen LogP) is 7.25. The minimum Gasteiger partial charge on any atom is -0.248 e. The maximum atomic E-state index is 4.58. The molecule has 0 aliphatic carbocycles. The van der Waals surface area contributed by atoms with Gasteiger partial charge in [-0.1, -0.05) is 109 Å². The Hall–Kier alpha value is -3.71. The Kier molecular flexibility index (Phi) is 5.55. The number of pyridine rings is 1. The second kappa shape index (κ2) is 8.79. The fourth-order valence-electron chi connectivity index (χ4n) is 3.04. The van der Waals surface area contributed by atoms with Gasteiger partial charge in [0.1, 0.15) is 0 Å². The molecular formula is C27H21N. The third-order valence-corrected chi connectivity index (χ3v) is 4.49. The molecule has 0 amide bonds. The van der Waals surface area contributed by atoms with Crippen LogP contribution in [0.2, 0.25) is 0 Å². The van der Waals surface area contributed by atoms with E-state index in [2.05, 4.69) is 59.6 Å². The van der Waals surface area contributed by atoms with Crippen molar-refractivity contribution in [2.45, 2.75) is 0 Å². The zero-order valence-electron chi connectivity index (χ0n) is 15.6. The maximum absolute atomic E-state index is 4.58. The number of nitrogens with zero attached hydrogens (tertiary/aromatic N) is 1. The quantitative estimate of drug-likeness (QED) is 0.239. The standard InChI is InChI=1S/C14H12.C13H9N/c1-3-7-13(8-4-1)11-12-14-9-5-2-6-10-14;1-3-7-12-10(5-1)9-11-6-2-4-8-13(11)14-12/h1-12H;1-9H/b12-11+;. The van der Waals surface area contributed by atoms with Crippen LogP contribution in [0.4, 0.5) is 0 Å². The first kappa shape index (κ1) is 17.7. The van der Waals surface area contributed by atoms with Gasteiger partial charge in [0.05, 0.1) is 11.0 Å². The summed E-state index contributed by atoms with van der Waals surface area (Å²) in [5, 5.41) is 2.40. The minimum absolute atomic E-state index is 1.06. The molecule has 0 fully saturated rings. The summed E-state index contributed by atoms with van der Waals surface area (Å²) >= 11 is 0. The van der Waals surface area contributed by atoms with E-state index < -0.39 is 0 Å². The van der Waals surface area contributed by atoms with Gasteiger partial charge in [-0.15, -0.1) is 0 Å². The molecule has 0 saturated heterocycles. The molecule has 4 aromatic carbocycles. The van der Waals surface area contributed by atoms with Crippen LogP contribution in [0.15, 0.2) is 115 Å². The van der Waals surface area contributed by atoms with Crippen molar-refractivity contribution < 1.29 is 0 Å². The Bertz CT molecular complexity index is 1050. The van der Waals surface area contributed by atoms with Gasteiger partial charge < -0.3 is 0 Å². The molecule has 5 aromatic rings. The van der Waals surface area contributed by atoms with Gasteiger partial charge >= 0.3 is 0 Å². The van der Waals surface area contributed by atoms with Crippen molar-refractivity contribution in [2.24, 2.45) is 0 Å². The summed E-state index contributed by atoms with van der Waals surface area (Å²) in [4.78, 5) is 4.58. The number of aromatic nitrogens is 1. The minimum atomic E-state index is 1.06. The summed E-state index contributed by atoms with van der Waals surface area (Å²) in [7, 11) is 0. The normalized spacial score (nSPS) is 10.7. The lowest BCUT2D eigenvalue weighted by molar-refractivity contribution is 1.50.